The van der Waals surface area contributed by atoms with E-state index in [0.717, 1.165) is 25.7 Å². The van der Waals surface area contributed by atoms with Crippen LogP contribution in [-0.2, 0) is 11.3 Å². The number of carbonyl (C=O) groups excluding carboxylic acids is 1. The lowest BCUT2D eigenvalue weighted by Gasteiger charge is -2.01. The van der Waals surface area contributed by atoms with E-state index < -0.39 is 0 Å². The lowest BCUT2D eigenvalue weighted by molar-refractivity contribution is -0.121. The van der Waals surface area contributed by atoms with Gasteiger partial charge in [0.2, 0.25) is 5.91 Å². The molecule has 0 radical (unpaired) electrons. The first-order chi connectivity index (χ1) is 8.22. The third kappa shape index (κ3) is 2.97. The van der Waals surface area contributed by atoms with E-state index in [0.29, 0.717) is 19.0 Å². The molecular formula is C11H18N4O2. The monoisotopic (exact) mass is 238 g/mol. The van der Waals surface area contributed by atoms with Crippen molar-refractivity contribution >= 4 is 5.91 Å². The fourth-order valence-electron chi connectivity index (χ4n) is 1.87. The largest absolute Gasteiger partial charge is 0.328 e. The summed E-state index contributed by atoms with van der Waals surface area (Å²) < 4.78 is 3.51. The second-order valence-electron chi connectivity index (χ2n) is 4.44. The molecule has 1 aliphatic carbocycles. The van der Waals surface area contributed by atoms with Crippen LogP contribution in [-0.4, -0.2) is 15.0 Å². The Labute approximate surface area is 99.4 Å². The maximum Gasteiger partial charge on any atom is 0.328 e. The van der Waals surface area contributed by atoms with Crippen LogP contribution in [0.25, 0.3) is 0 Å². The van der Waals surface area contributed by atoms with Crippen molar-refractivity contribution in [2.24, 2.45) is 5.84 Å². The first-order valence-electron chi connectivity index (χ1n) is 5.99. The van der Waals surface area contributed by atoms with Crippen molar-refractivity contribution in [2.75, 3.05) is 0 Å². The van der Waals surface area contributed by atoms with Crippen LogP contribution in [0, 0.1) is 0 Å². The van der Waals surface area contributed by atoms with Gasteiger partial charge in [0.25, 0.3) is 0 Å². The predicted molar refractivity (Wildman–Crippen MR) is 63.1 cm³/mol. The Balaban J connectivity index is 1.79. The van der Waals surface area contributed by atoms with Gasteiger partial charge in [-0.2, -0.15) is 0 Å². The van der Waals surface area contributed by atoms with E-state index in [1.807, 2.05) is 12.4 Å². The van der Waals surface area contributed by atoms with Crippen LogP contribution in [0.15, 0.2) is 17.2 Å². The molecule has 6 nitrogen and oxygen atoms in total. The summed E-state index contributed by atoms with van der Waals surface area (Å²) in [6, 6.07) is 0.423. The summed E-state index contributed by atoms with van der Waals surface area (Å²) in [5.74, 6) is 4.82. The van der Waals surface area contributed by atoms with E-state index >= 15 is 0 Å². The summed E-state index contributed by atoms with van der Waals surface area (Å²) >= 11 is 0. The molecule has 1 saturated carbocycles. The SMILES string of the molecule is NNC(=O)CCCCn1ccn(C2CC2)c1=O. The third-order valence-corrected chi connectivity index (χ3v) is 3.03. The maximum absolute atomic E-state index is 11.9. The van der Waals surface area contributed by atoms with Gasteiger partial charge in [-0.05, 0) is 25.7 Å². The van der Waals surface area contributed by atoms with Crippen LogP contribution < -0.4 is 17.0 Å². The maximum atomic E-state index is 11.9. The molecule has 0 bridgehead atoms. The molecule has 0 atom stereocenters. The number of amides is 1. The van der Waals surface area contributed by atoms with Gasteiger partial charge in [0.05, 0.1) is 0 Å². The van der Waals surface area contributed by atoms with Crippen LogP contribution in [0.5, 0.6) is 0 Å². The molecule has 1 aromatic heterocycles. The number of aromatic nitrogens is 2. The standard InChI is InChI=1S/C11H18N4O2/c12-13-10(16)3-1-2-6-14-7-8-15(11(14)17)9-4-5-9/h7-9H,1-6,12H2,(H,13,16). The molecule has 1 aromatic rings. The van der Waals surface area contributed by atoms with E-state index in [2.05, 4.69) is 5.43 Å². The topological polar surface area (TPSA) is 82.0 Å². The molecule has 0 unspecified atom stereocenters. The number of carbonyl (C=O) groups is 1. The molecular weight excluding hydrogens is 220 g/mol. The highest BCUT2D eigenvalue weighted by atomic mass is 16.2. The van der Waals surface area contributed by atoms with Crippen molar-refractivity contribution in [3.63, 3.8) is 0 Å². The van der Waals surface area contributed by atoms with Gasteiger partial charge in [-0.3, -0.25) is 19.4 Å². The number of nitrogens with one attached hydrogen (secondary N) is 1. The van der Waals surface area contributed by atoms with Crippen molar-refractivity contribution in [2.45, 2.75) is 44.7 Å². The van der Waals surface area contributed by atoms with Crippen molar-refractivity contribution in [3.05, 3.63) is 22.9 Å². The fourth-order valence-corrected chi connectivity index (χ4v) is 1.87. The number of unbranched alkanes of at least 4 members (excludes halogenated alkanes) is 1. The minimum atomic E-state index is -0.159. The highest BCUT2D eigenvalue weighted by Gasteiger charge is 2.25. The summed E-state index contributed by atoms with van der Waals surface area (Å²) in [6.45, 7) is 0.663. The Hall–Kier alpha value is -1.56. The number of aryl methyl sites for hydroxylation is 1. The minimum Gasteiger partial charge on any atom is -0.299 e. The number of hydrogen-bond acceptors (Lipinski definition) is 3. The fraction of sp³-hybridized carbons (Fsp3) is 0.636. The van der Waals surface area contributed by atoms with Crippen LogP contribution >= 0.6 is 0 Å². The molecule has 1 heterocycles. The van der Waals surface area contributed by atoms with Gasteiger partial charge in [-0.15, -0.1) is 0 Å². The number of nitrogens with two attached hydrogens (primary N) is 1. The molecule has 0 saturated heterocycles. The van der Waals surface area contributed by atoms with E-state index in [1.54, 1.807) is 9.13 Å². The average molecular weight is 238 g/mol. The minimum absolute atomic E-state index is 0.0655. The van der Waals surface area contributed by atoms with Crippen molar-refractivity contribution in [1.82, 2.24) is 14.6 Å². The first-order valence-corrected chi connectivity index (χ1v) is 5.99. The zero-order chi connectivity index (χ0) is 12.3. The predicted octanol–water partition coefficient (Wildman–Crippen LogP) is 0.145. The van der Waals surface area contributed by atoms with Gasteiger partial charge in [-0.25, -0.2) is 10.6 Å². The summed E-state index contributed by atoms with van der Waals surface area (Å²) in [5.41, 5.74) is 2.16. The van der Waals surface area contributed by atoms with E-state index in [1.165, 1.54) is 0 Å². The van der Waals surface area contributed by atoms with E-state index in [9.17, 15) is 9.59 Å². The summed E-state index contributed by atoms with van der Waals surface area (Å²) in [6.07, 6.45) is 7.86. The van der Waals surface area contributed by atoms with E-state index in [4.69, 9.17) is 5.84 Å². The van der Waals surface area contributed by atoms with Crippen LogP contribution in [0.3, 0.4) is 0 Å². The highest BCUT2D eigenvalue weighted by Crippen LogP contribution is 2.33. The number of hydrazine groups is 1. The smallest absolute Gasteiger partial charge is 0.299 e. The van der Waals surface area contributed by atoms with E-state index in [-0.39, 0.29) is 11.6 Å². The van der Waals surface area contributed by atoms with Crippen molar-refractivity contribution < 1.29 is 4.79 Å². The molecule has 2 rings (SSSR count). The first kappa shape index (κ1) is 11.9. The van der Waals surface area contributed by atoms with Crippen molar-refractivity contribution in [1.29, 1.82) is 0 Å². The molecule has 94 valence electrons. The summed E-state index contributed by atoms with van der Waals surface area (Å²) in [4.78, 5) is 22.7. The normalized spacial score (nSPS) is 14.9. The molecule has 3 N–H and O–H groups in total. The lowest BCUT2D eigenvalue weighted by Crippen LogP contribution is -2.29. The second kappa shape index (κ2) is 5.18. The molecule has 1 amide bonds. The van der Waals surface area contributed by atoms with Crippen LogP contribution in [0.4, 0.5) is 0 Å². The molecule has 1 fully saturated rings. The molecule has 0 aliphatic heterocycles. The molecule has 1 aliphatic rings. The summed E-state index contributed by atoms with van der Waals surface area (Å²) in [7, 11) is 0. The Morgan fingerprint density at radius 1 is 1.41 bits per heavy atom. The number of imidazole rings is 1. The molecule has 0 spiro atoms. The average Bonchev–Trinajstić information content (AvgIpc) is 3.10. The van der Waals surface area contributed by atoms with Gasteiger partial charge < -0.3 is 0 Å². The van der Waals surface area contributed by atoms with Crippen LogP contribution in [0.2, 0.25) is 0 Å². The number of nitrogens with zero attached hydrogens (tertiary/aromatic N) is 2. The third-order valence-electron chi connectivity index (χ3n) is 3.03. The lowest BCUT2D eigenvalue weighted by atomic mass is 10.2. The highest BCUT2D eigenvalue weighted by molar-refractivity contribution is 5.74. The Morgan fingerprint density at radius 2 is 2.18 bits per heavy atom. The zero-order valence-electron chi connectivity index (χ0n) is 9.76. The molecule has 6 heteroatoms. The van der Waals surface area contributed by atoms with Gasteiger partial charge >= 0.3 is 5.69 Å². The van der Waals surface area contributed by atoms with Crippen LogP contribution in [0.1, 0.15) is 38.1 Å². The number of rotatable bonds is 6. The van der Waals surface area contributed by atoms with Gasteiger partial charge in [0, 0.05) is 31.4 Å². The Kier molecular flexibility index (Phi) is 3.63. The Bertz CT molecular complexity index is 445. The second-order valence-corrected chi connectivity index (χ2v) is 4.44. The molecule has 17 heavy (non-hydrogen) atoms. The van der Waals surface area contributed by atoms with Gasteiger partial charge in [0.1, 0.15) is 0 Å². The number of hydrogen-bond donors (Lipinski definition) is 2. The molecule has 0 aromatic carbocycles. The quantitative estimate of drug-likeness (QED) is 0.320. The Morgan fingerprint density at radius 3 is 2.82 bits per heavy atom. The van der Waals surface area contributed by atoms with Gasteiger partial charge in [0.15, 0.2) is 0 Å². The van der Waals surface area contributed by atoms with Crippen molar-refractivity contribution in [3.8, 4) is 0 Å². The zero-order valence-corrected chi connectivity index (χ0v) is 9.76. The van der Waals surface area contributed by atoms with Gasteiger partial charge in [-0.1, -0.05) is 0 Å². The summed E-state index contributed by atoms with van der Waals surface area (Å²) in [5, 5.41) is 0.